The lowest BCUT2D eigenvalue weighted by Crippen LogP contribution is -2.54. The lowest BCUT2D eigenvalue weighted by atomic mass is 10.2. The lowest BCUT2D eigenvalue weighted by molar-refractivity contribution is -0.136. The van der Waals surface area contributed by atoms with Crippen molar-refractivity contribution in [1.82, 2.24) is 14.7 Å². The van der Waals surface area contributed by atoms with E-state index in [9.17, 15) is 4.79 Å². The molecule has 2 saturated heterocycles. The highest BCUT2D eigenvalue weighted by molar-refractivity contribution is 7.99. The number of thioether (sulfide) groups is 1. The number of carbonyl (C=O) groups excluding carboxylic acids is 1. The topological polar surface area (TPSA) is 26.8 Å². The predicted octanol–water partition coefficient (Wildman–Crippen LogP) is 2.41. The molecule has 1 unspecified atom stereocenters. The predicted molar refractivity (Wildman–Crippen MR) is 100 cm³/mol. The van der Waals surface area contributed by atoms with Crippen LogP contribution in [-0.4, -0.2) is 78.2 Å². The highest BCUT2D eigenvalue weighted by atomic mass is 32.2. The molecular weight excluding hydrogens is 318 g/mol. The Labute approximate surface area is 150 Å². The van der Waals surface area contributed by atoms with Crippen molar-refractivity contribution in [3.8, 4) is 0 Å². The van der Waals surface area contributed by atoms with Gasteiger partial charge in [0.1, 0.15) is 0 Å². The Bertz CT molecular complexity index is 511. The average Bonchev–Trinajstić information content (AvgIpc) is 3.17. The van der Waals surface area contributed by atoms with Gasteiger partial charge >= 0.3 is 0 Å². The van der Waals surface area contributed by atoms with E-state index in [1.54, 1.807) is 0 Å². The molecule has 0 saturated carbocycles. The summed E-state index contributed by atoms with van der Waals surface area (Å²) in [6, 6.07) is 10.7. The lowest BCUT2D eigenvalue weighted by Gasteiger charge is -2.38. The number of hydrogen-bond acceptors (Lipinski definition) is 4. The van der Waals surface area contributed by atoms with Crippen molar-refractivity contribution in [1.29, 1.82) is 0 Å². The van der Waals surface area contributed by atoms with Crippen LogP contribution in [0.4, 0.5) is 0 Å². The van der Waals surface area contributed by atoms with Crippen LogP contribution in [-0.2, 0) is 4.79 Å². The van der Waals surface area contributed by atoms with Crippen molar-refractivity contribution in [3.05, 3.63) is 30.3 Å². The van der Waals surface area contributed by atoms with E-state index >= 15 is 0 Å². The first-order chi connectivity index (χ1) is 11.7. The first-order valence-electron chi connectivity index (χ1n) is 9.17. The van der Waals surface area contributed by atoms with Crippen LogP contribution in [0, 0.1) is 0 Å². The number of hydrogen-bond donors (Lipinski definition) is 0. The molecule has 2 heterocycles. The fraction of sp³-hybridized carbons (Fsp3) is 0.632. The van der Waals surface area contributed by atoms with Crippen molar-refractivity contribution < 1.29 is 4.79 Å². The van der Waals surface area contributed by atoms with Crippen LogP contribution < -0.4 is 0 Å². The maximum atomic E-state index is 12.5. The molecule has 4 nitrogen and oxygen atoms in total. The zero-order valence-corrected chi connectivity index (χ0v) is 15.5. The zero-order chi connectivity index (χ0) is 16.8. The third-order valence-electron chi connectivity index (χ3n) is 5.15. The molecule has 3 rings (SSSR count). The quantitative estimate of drug-likeness (QED) is 0.739. The summed E-state index contributed by atoms with van der Waals surface area (Å²) in [6.45, 7) is 9.30. The normalized spacial score (nSPS) is 21.1. The van der Waals surface area contributed by atoms with Gasteiger partial charge in [-0.25, -0.2) is 0 Å². The molecule has 2 aliphatic rings. The van der Waals surface area contributed by atoms with Gasteiger partial charge in [0, 0.05) is 56.5 Å². The smallest absolute Gasteiger partial charge is 0.239 e. The molecule has 1 atom stereocenters. The number of nitrogens with zero attached hydrogens (tertiary/aromatic N) is 3. The van der Waals surface area contributed by atoms with Crippen molar-refractivity contribution >= 4 is 17.7 Å². The summed E-state index contributed by atoms with van der Waals surface area (Å²) >= 11 is 1.93. The van der Waals surface area contributed by atoms with Gasteiger partial charge in [-0.05, 0) is 31.9 Å². The molecule has 1 amide bonds. The van der Waals surface area contributed by atoms with Crippen molar-refractivity contribution in [2.75, 3.05) is 51.6 Å². The Morgan fingerprint density at radius 2 is 1.71 bits per heavy atom. The molecule has 2 aliphatic heterocycles. The van der Waals surface area contributed by atoms with E-state index in [4.69, 9.17) is 0 Å². The Morgan fingerprint density at radius 1 is 1.04 bits per heavy atom. The highest BCUT2D eigenvalue weighted by Gasteiger charge is 2.29. The fourth-order valence-electron chi connectivity index (χ4n) is 3.54. The van der Waals surface area contributed by atoms with E-state index in [2.05, 4.69) is 47.1 Å². The van der Waals surface area contributed by atoms with Crippen LogP contribution in [0.25, 0.3) is 0 Å². The number of benzene rings is 1. The van der Waals surface area contributed by atoms with E-state index < -0.39 is 0 Å². The highest BCUT2D eigenvalue weighted by Crippen LogP contribution is 2.18. The number of carbonyl (C=O) groups is 1. The molecular formula is C19H29N3OS. The first kappa shape index (κ1) is 17.8. The van der Waals surface area contributed by atoms with E-state index in [1.165, 1.54) is 17.7 Å². The van der Waals surface area contributed by atoms with Gasteiger partial charge in [0.25, 0.3) is 0 Å². The van der Waals surface area contributed by atoms with E-state index in [0.29, 0.717) is 5.91 Å². The van der Waals surface area contributed by atoms with E-state index in [0.717, 1.165) is 51.6 Å². The molecule has 132 valence electrons. The van der Waals surface area contributed by atoms with E-state index in [1.807, 2.05) is 16.7 Å². The molecule has 24 heavy (non-hydrogen) atoms. The molecule has 0 radical (unpaired) electrons. The van der Waals surface area contributed by atoms with E-state index in [-0.39, 0.29) is 6.04 Å². The molecule has 0 N–H and O–H groups in total. The molecule has 5 heteroatoms. The van der Waals surface area contributed by atoms with Gasteiger partial charge in [0.15, 0.2) is 0 Å². The first-order valence-corrected chi connectivity index (χ1v) is 10.2. The molecule has 1 aromatic carbocycles. The van der Waals surface area contributed by atoms with Gasteiger partial charge in [-0.3, -0.25) is 14.6 Å². The van der Waals surface area contributed by atoms with Crippen LogP contribution in [0.15, 0.2) is 35.2 Å². The van der Waals surface area contributed by atoms with Gasteiger partial charge in [-0.1, -0.05) is 18.2 Å². The second-order valence-electron chi connectivity index (χ2n) is 6.75. The van der Waals surface area contributed by atoms with Gasteiger partial charge in [0.05, 0.1) is 6.04 Å². The maximum absolute atomic E-state index is 12.5. The largest absolute Gasteiger partial charge is 0.341 e. The van der Waals surface area contributed by atoms with Crippen molar-refractivity contribution in [3.63, 3.8) is 0 Å². The standard InChI is InChI=1S/C19H29N3OS/c1-17(19(23)22-9-5-6-10-22)21-13-11-20(12-14-21)15-16-24-18-7-3-2-4-8-18/h2-4,7-8,17H,5-6,9-16H2,1H3. The van der Waals surface area contributed by atoms with Crippen molar-refractivity contribution in [2.24, 2.45) is 0 Å². The van der Waals surface area contributed by atoms with Crippen LogP contribution in [0.2, 0.25) is 0 Å². The zero-order valence-electron chi connectivity index (χ0n) is 14.7. The summed E-state index contributed by atoms with van der Waals surface area (Å²) in [4.78, 5) is 20.8. The maximum Gasteiger partial charge on any atom is 0.239 e. The number of amides is 1. The summed E-state index contributed by atoms with van der Waals surface area (Å²) in [5.41, 5.74) is 0. The van der Waals surface area contributed by atoms with Crippen LogP contribution in [0.3, 0.4) is 0 Å². The van der Waals surface area contributed by atoms with Gasteiger partial charge in [0.2, 0.25) is 5.91 Å². The van der Waals surface area contributed by atoms with Gasteiger partial charge in [-0.15, -0.1) is 11.8 Å². The molecule has 0 aromatic heterocycles. The molecule has 0 aliphatic carbocycles. The van der Waals surface area contributed by atoms with Crippen LogP contribution >= 0.6 is 11.8 Å². The minimum atomic E-state index is 0.0453. The minimum absolute atomic E-state index is 0.0453. The second kappa shape index (κ2) is 8.88. The Balaban J connectivity index is 1.36. The molecule has 2 fully saturated rings. The third kappa shape index (κ3) is 4.74. The minimum Gasteiger partial charge on any atom is -0.341 e. The monoisotopic (exact) mass is 347 g/mol. The SMILES string of the molecule is CC(C(=O)N1CCCC1)N1CCN(CCSc2ccccc2)CC1. The third-order valence-corrected chi connectivity index (χ3v) is 6.14. The Morgan fingerprint density at radius 3 is 2.38 bits per heavy atom. The number of rotatable bonds is 6. The van der Waals surface area contributed by atoms with Gasteiger partial charge < -0.3 is 4.90 Å². The Kier molecular flexibility index (Phi) is 6.58. The molecule has 0 bridgehead atoms. The summed E-state index contributed by atoms with van der Waals surface area (Å²) in [7, 11) is 0. The van der Waals surface area contributed by atoms with Crippen molar-refractivity contribution in [2.45, 2.75) is 30.7 Å². The fourth-order valence-corrected chi connectivity index (χ4v) is 4.48. The summed E-state index contributed by atoms with van der Waals surface area (Å²) in [5, 5.41) is 0. The summed E-state index contributed by atoms with van der Waals surface area (Å²) in [5.74, 6) is 1.47. The summed E-state index contributed by atoms with van der Waals surface area (Å²) < 4.78 is 0. The number of likely N-dealkylation sites (tertiary alicyclic amines) is 1. The van der Waals surface area contributed by atoms with Gasteiger partial charge in [-0.2, -0.15) is 0 Å². The summed E-state index contributed by atoms with van der Waals surface area (Å²) in [6.07, 6.45) is 2.34. The van der Waals surface area contributed by atoms with Crippen LogP contribution in [0.5, 0.6) is 0 Å². The molecule has 0 spiro atoms. The molecule has 1 aromatic rings. The number of piperazine rings is 1. The Hall–Kier alpha value is -1.04. The second-order valence-corrected chi connectivity index (χ2v) is 7.92. The van der Waals surface area contributed by atoms with Crippen LogP contribution in [0.1, 0.15) is 19.8 Å². The average molecular weight is 348 g/mol.